The third-order valence-corrected chi connectivity index (χ3v) is 7.18. The van der Waals surface area contributed by atoms with Gasteiger partial charge in [-0.1, -0.05) is 12.1 Å². The van der Waals surface area contributed by atoms with E-state index in [2.05, 4.69) is 31.2 Å². The highest BCUT2D eigenvalue weighted by Crippen LogP contribution is 2.39. The first-order valence-electron chi connectivity index (χ1n) is 8.00. The lowest BCUT2D eigenvalue weighted by Gasteiger charge is -2.35. The minimum Gasteiger partial charge on any atom is -0.376 e. The summed E-state index contributed by atoms with van der Waals surface area (Å²) < 4.78 is 43.4. The summed E-state index contributed by atoms with van der Waals surface area (Å²) >= 11 is 6.88. The molecule has 1 N–H and O–H groups in total. The van der Waals surface area contributed by atoms with Gasteiger partial charge in [0.1, 0.15) is 0 Å². The summed E-state index contributed by atoms with van der Waals surface area (Å²) in [6, 6.07) is 10.1. The minimum absolute atomic E-state index is 0.147. The molecule has 0 aliphatic carbocycles. The molecule has 3 rings (SSSR count). The number of piperazine rings is 1. The van der Waals surface area contributed by atoms with Crippen LogP contribution < -0.4 is 4.90 Å². The summed E-state index contributed by atoms with van der Waals surface area (Å²) in [5.74, 6) is 0. The number of anilines is 1. The van der Waals surface area contributed by atoms with Crippen molar-refractivity contribution in [1.29, 1.82) is 0 Å². The van der Waals surface area contributed by atoms with Crippen molar-refractivity contribution in [1.82, 2.24) is 4.31 Å². The lowest BCUT2D eigenvalue weighted by Crippen LogP contribution is -2.43. The van der Waals surface area contributed by atoms with Gasteiger partial charge in [0.25, 0.3) is 0 Å². The first-order valence-corrected chi connectivity index (χ1v) is 10.4. The maximum atomic E-state index is 12.9. The summed E-state index contributed by atoms with van der Waals surface area (Å²) in [5, 5.41) is 9.75. The van der Waals surface area contributed by atoms with Crippen LogP contribution in [0.25, 0.3) is 0 Å². The van der Waals surface area contributed by atoms with Gasteiger partial charge in [0, 0.05) is 31.9 Å². The van der Waals surface area contributed by atoms with Crippen molar-refractivity contribution >= 4 is 44.9 Å². The van der Waals surface area contributed by atoms with E-state index in [0.29, 0.717) is 0 Å². The zero-order chi connectivity index (χ0) is 18.9. The van der Waals surface area contributed by atoms with Gasteiger partial charge in [-0.2, -0.15) is 13.2 Å². The maximum absolute atomic E-state index is 12.9. The molecule has 1 fully saturated rings. The van der Waals surface area contributed by atoms with Gasteiger partial charge in [0.05, 0.1) is 8.00 Å². The zero-order valence-corrected chi connectivity index (χ0v) is 17.2. The quantitative estimate of drug-likeness (QED) is 0.633. The SMILES string of the molecule is CC(O)(c1ccc(N2CCN(Sc3ccc(Br)s3)CC2)cc1)C(F)(F)F. The monoisotopic (exact) mass is 466 g/mol. The van der Waals surface area contributed by atoms with E-state index >= 15 is 0 Å². The molecule has 26 heavy (non-hydrogen) atoms. The average molecular weight is 467 g/mol. The number of rotatable bonds is 4. The molecule has 1 saturated heterocycles. The summed E-state index contributed by atoms with van der Waals surface area (Å²) in [4.78, 5) is 2.15. The van der Waals surface area contributed by atoms with Gasteiger partial charge < -0.3 is 10.0 Å². The van der Waals surface area contributed by atoms with Crippen LogP contribution >= 0.6 is 39.2 Å². The number of nitrogens with zero attached hydrogens (tertiary/aromatic N) is 2. The minimum atomic E-state index is -4.70. The van der Waals surface area contributed by atoms with Crippen LogP contribution in [-0.4, -0.2) is 41.8 Å². The van der Waals surface area contributed by atoms with E-state index in [4.69, 9.17) is 0 Å². The van der Waals surface area contributed by atoms with E-state index in [-0.39, 0.29) is 5.56 Å². The fourth-order valence-electron chi connectivity index (χ4n) is 2.67. The van der Waals surface area contributed by atoms with Gasteiger partial charge in [-0.05, 0) is 64.6 Å². The van der Waals surface area contributed by atoms with Crippen LogP contribution in [0.2, 0.25) is 0 Å². The normalized spacial score (nSPS) is 18.8. The van der Waals surface area contributed by atoms with Crippen LogP contribution in [-0.2, 0) is 5.60 Å². The summed E-state index contributed by atoms with van der Waals surface area (Å²) in [7, 11) is 0. The van der Waals surface area contributed by atoms with E-state index in [9.17, 15) is 18.3 Å². The number of hydrogen-bond donors (Lipinski definition) is 1. The number of hydrogen-bond acceptors (Lipinski definition) is 5. The fourth-order valence-corrected chi connectivity index (χ4v) is 5.58. The van der Waals surface area contributed by atoms with Crippen LogP contribution in [0.15, 0.2) is 44.4 Å². The Morgan fingerprint density at radius 3 is 2.15 bits per heavy atom. The molecule has 2 heterocycles. The molecule has 9 heteroatoms. The second kappa shape index (κ2) is 7.71. The van der Waals surface area contributed by atoms with Crippen molar-refractivity contribution < 1.29 is 18.3 Å². The molecule has 142 valence electrons. The van der Waals surface area contributed by atoms with Crippen molar-refractivity contribution in [3.05, 3.63) is 45.7 Å². The van der Waals surface area contributed by atoms with Crippen molar-refractivity contribution in [3.63, 3.8) is 0 Å². The van der Waals surface area contributed by atoms with Crippen molar-refractivity contribution in [2.45, 2.75) is 22.9 Å². The number of thiophene rings is 1. The standard InChI is InChI=1S/C17H18BrF3N2OS2/c1-16(24,17(19,20)21)12-2-4-13(5-3-12)22-8-10-23(11-9-22)26-15-7-6-14(18)25-15/h2-7,24H,8-11H2,1H3. The van der Waals surface area contributed by atoms with E-state index < -0.39 is 11.8 Å². The van der Waals surface area contributed by atoms with Crippen LogP contribution in [0.4, 0.5) is 18.9 Å². The predicted octanol–water partition coefficient (Wildman–Crippen LogP) is 5.11. The molecular formula is C17H18BrF3N2OS2. The maximum Gasteiger partial charge on any atom is 0.421 e. The molecule has 1 unspecified atom stereocenters. The molecule has 0 bridgehead atoms. The lowest BCUT2D eigenvalue weighted by molar-refractivity contribution is -0.258. The molecular weight excluding hydrogens is 449 g/mol. The highest BCUT2D eigenvalue weighted by atomic mass is 79.9. The Bertz CT molecular complexity index is 741. The molecule has 2 aromatic rings. The number of benzene rings is 1. The highest BCUT2D eigenvalue weighted by Gasteiger charge is 2.51. The largest absolute Gasteiger partial charge is 0.421 e. The fraction of sp³-hybridized carbons (Fsp3) is 0.412. The molecule has 0 amide bonds. The highest BCUT2D eigenvalue weighted by molar-refractivity contribution is 9.11. The molecule has 1 aliphatic heterocycles. The average Bonchev–Trinajstić information content (AvgIpc) is 2.99. The summed E-state index contributed by atoms with van der Waals surface area (Å²) in [6.07, 6.45) is -4.70. The molecule has 1 aromatic heterocycles. The van der Waals surface area contributed by atoms with Gasteiger partial charge in [0.2, 0.25) is 0 Å². The molecule has 3 nitrogen and oxygen atoms in total. The first kappa shape index (κ1) is 20.0. The zero-order valence-electron chi connectivity index (χ0n) is 14.0. The molecule has 0 radical (unpaired) electrons. The first-order chi connectivity index (χ1) is 12.2. The molecule has 1 aromatic carbocycles. The molecule has 1 atom stereocenters. The summed E-state index contributed by atoms with van der Waals surface area (Å²) in [6.45, 7) is 4.11. The van der Waals surface area contributed by atoms with Gasteiger partial charge >= 0.3 is 6.18 Å². The lowest BCUT2D eigenvalue weighted by atomic mass is 9.95. The third-order valence-electron chi connectivity index (χ3n) is 4.35. The van der Waals surface area contributed by atoms with Crippen LogP contribution in [0, 0.1) is 0 Å². The number of aliphatic hydroxyl groups is 1. The van der Waals surface area contributed by atoms with Crippen LogP contribution in [0.1, 0.15) is 12.5 Å². The van der Waals surface area contributed by atoms with E-state index in [0.717, 1.165) is 42.6 Å². The number of alkyl halides is 3. The predicted molar refractivity (Wildman–Crippen MR) is 104 cm³/mol. The smallest absolute Gasteiger partial charge is 0.376 e. The summed E-state index contributed by atoms with van der Waals surface area (Å²) in [5.41, 5.74) is -2.11. The van der Waals surface area contributed by atoms with Crippen LogP contribution in [0.5, 0.6) is 0 Å². The van der Waals surface area contributed by atoms with Crippen molar-refractivity contribution in [2.75, 3.05) is 31.1 Å². The third kappa shape index (κ3) is 4.39. The van der Waals surface area contributed by atoms with Crippen LogP contribution in [0.3, 0.4) is 0 Å². The van der Waals surface area contributed by atoms with Gasteiger partial charge in [-0.3, -0.25) is 0 Å². The van der Waals surface area contributed by atoms with Crippen molar-refractivity contribution in [2.24, 2.45) is 0 Å². The Morgan fingerprint density at radius 2 is 1.65 bits per heavy atom. The van der Waals surface area contributed by atoms with E-state index in [1.54, 1.807) is 35.4 Å². The Hall–Kier alpha value is -0.740. The topological polar surface area (TPSA) is 26.7 Å². The van der Waals surface area contributed by atoms with Crippen molar-refractivity contribution in [3.8, 4) is 0 Å². The van der Waals surface area contributed by atoms with Gasteiger partial charge in [-0.25, -0.2) is 4.31 Å². The Kier molecular flexibility index (Phi) is 5.93. The molecule has 0 spiro atoms. The second-order valence-corrected chi connectivity index (χ2v) is 10.0. The molecule has 1 aliphatic rings. The molecule has 0 saturated carbocycles. The number of halogens is 4. The Morgan fingerprint density at radius 1 is 1.04 bits per heavy atom. The second-order valence-electron chi connectivity index (χ2n) is 6.18. The Labute approximate surface area is 167 Å². The van der Waals surface area contributed by atoms with E-state index in [1.807, 2.05) is 6.07 Å². The van der Waals surface area contributed by atoms with E-state index in [1.165, 1.54) is 16.3 Å². The van der Waals surface area contributed by atoms with Gasteiger partial charge in [-0.15, -0.1) is 11.3 Å². The Balaban J connectivity index is 1.59. The van der Waals surface area contributed by atoms with Gasteiger partial charge in [0.15, 0.2) is 5.60 Å².